The molecule has 35 heavy (non-hydrogen) atoms. The molecule has 2 amide bonds. The van der Waals surface area contributed by atoms with Crippen molar-refractivity contribution < 1.29 is 18.4 Å². The third kappa shape index (κ3) is 2.78. The van der Waals surface area contributed by atoms with E-state index >= 15 is 0 Å². The van der Waals surface area contributed by atoms with Gasteiger partial charge in [0, 0.05) is 18.7 Å². The highest BCUT2D eigenvalue weighted by molar-refractivity contribution is 6.17. The molecule has 1 aromatic heterocycles. The van der Waals surface area contributed by atoms with Crippen molar-refractivity contribution in [2.45, 2.75) is 25.4 Å². The maximum atomic E-state index is 14.3. The summed E-state index contributed by atoms with van der Waals surface area (Å²) in [4.78, 5) is 45.2. The largest absolute Gasteiger partial charge is 0.450 e. The Morgan fingerprint density at radius 1 is 0.914 bits per heavy atom. The average Bonchev–Trinajstić information content (AvgIpc) is 3.26. The van der Waals surface area contributed by atoms with E-state index in [0.29, 0.717) is 35.2 Å². The first-order valence-electron chi connectivity index (χ1n) is 11.5. The number of fused-ring (bicyclic) bond motifs is 5. The lowest BCUT2D eigenvalue weighted by atomic mass is 9.83. The van der Waals surface area contributed by atoms with E-state index in [-0.39, 0.29) is 29.4 Å². The first-order valence-corrected chi connectivity index (χ1v) is 11.5. The summed E-state index contributed by atoms with van der Waals surface area (Å²) in [6.45, 7) is 2.40. The van der Waals surface area contributed by atoms with Crippen molar-refractivity contribution in [3.05, 3.63) is 111 Å². The summed E-state index contributed by atoms with van der Waals surface area (Å²) in [6, 6.07) is 19.7. The maximum absolute atomic E-state index is 14.3. The first kappa shape index (κ1) is 21.3. The van der Waals surface area contributed by atoms with E-state index in [4.69, 9.17) is 4.42 Å². The van der Waals surface area contributed by atoms with E-state index < -0.39 is 22.7 Å². The predicted octanol–water partition coefficient (Wildman–Crippen LogP) is 4.59. The number of hydrogen-bond acceptors (Lipinski definition) is 4. The molecule has 3 heterocycles. The van der Waals surface area contributed by atoms with Gasteiger partial charge in [0.15, 0.2) is 11.0 Å². The van der Waals surface area contributed by atoms with Crippen molar-refractivity contribution in [2.24, 2.45) is 0 Å². The fraction of sp³-hybridized carbons (Fsp3) is 0.179. The van der Waals surface area contributed by atoms with Crippen LogP contribution in [0.5, 0.6) is 0 Å². The van der Waals surface area contributed by atoms with Crippen LogP contribution in [-0.4, -0.2) is 23.3 Å². The molecule has 1 unspecified atom stereocenters. The lowest BCUT2D eigenvalue weighted by molar-refractivity contribution is -0.126. The highest BCUT2D eigenvalue weighted by Crippen LogP contribution is 2.53. The van der Waals surface area contributed by atoms with Gasteiger partial charge in [-0.15, -0.1) is 0 Å². The molecule has 0 radical (unpaired) electrons. The Morgan fingerprint density at radius 3 is 2.40 bits per heavy atom. The number of benzene rings is 3. The Labute approximate surface area is 200 Å². The van der Waals surface area contributed by atoms with Gasteiger partial charge >= 0.3 is 0 Å². The molecule has 1 spiro atoms. The number of halogens is 1. The van der Waals surface area contributed by atoms with Crippen LogP contribution in [0.15, 0.2) is 82.0 Å². The molecule has 6 rings (SSSR count). The molecule has 1 atom stereocenters. The third-order valence-electron chi connectivity index (χ3n) is 6.84. The van der Waals surface area contributed by atoms with Crippen LogP contribution in [-0.2, 0) is 16.9 Å². The van der Waals surface area contributed by atoms with Gasteiger partial charge in [-0.3, -0.25) is 14.4 Å². The van der Waals surface area contributed by atoms with E-state index in [0.717, 1.165) is 0 Å². The molecule has 6 nitrogen and oxygen atoms in total. The van der Waals surface area contributed by atoms with Crippen LogP contribution in [0.2, 0.25) is 0 Å². The summed E-state index contributed by atoms with van der Waals surface area (Å²) < 4.78 is 19.6. The number of carbonyl (C=O) groups excluding carboxylic acids is 2. The molecule has 0 N–H and O–H groups in total. The van der Waals surface area contributed by atoms with Crippen molar-refractivity contribution in [3.63, 3.8) is 0 Å². The number of hydrogen-bond donors (Lipinski definition) is 0. The molecule has 0 saturated heterocycles. The number of para-hydroxylation sites is 2. The van der Waals surface area contributed by atoms with E-state index in [1.165, 1.54) is 17.0 Å². The van der Waals surface area contributed by atoms with Gasteiger partial charge in [0.1, 0.15) is 11.4 Å². The fourth-order valence-electron chi connectivity index (χ4n) is 5.38. The molecule has 2 aliphatic heterocycles. The molecular weight excluding hydrogens is 447 g/mol. The summed E-state index contributed by atoms with van der Waals surface area (Å²) in [5.41, 5.74) is 0.109. The van der Waals surface area contributed by atoms with Crippen LogP contribution in [0.25, 0.3) is 11.0 Å². The molecule has 174 valence electrons. The van der Waals surface area contributed by atoms with E-state index in [9.17, 15) is 18.8 Å². The van der Waals surface area contributed by atoms with Gasteiger partial charge in [-0.25, -0.2) is 4.39 Å². The Bertz CT molecular complexity index is 1580. The monoisotopic (exact) mass is 468 g/mol. The number of anilines is 1. The second kappa shape index (κ2) is 7.63. The zero-order chi connectivity index (χ0) is 24.3. The van der Waals surface area contributed by atoms with Crippen molar-refractivity contribution in [3.8, 4) is 0 Å². The number of nitrogens with zero attached hydrogens (tertiary/aromatic N) is 2. The van der Waals surface area contributed by atoms with Crippen molar-refractivity contribution in [2.75, 3.05) is 11.4 Å². The van der Waals surface area contributed by atoms with Crippen molar-refractivity contribution in [1.82, 2.24) is 4.90 Å². The molecule has 0 saturated carbocycles. The quantitative estimate of drug-likeness (QED) is 0.439. The van der Waals surface area contributed by atoms with Gasteiger partial charge in [0.05, 0.1) is 16.6 Å². The standard InChI is InChI=1S/C28H21FN2O4/c1-2-15-30-21-9-5-4-8-20(21)28(27(30)34)23-24(32)19-7-3-6-10-22(19)35-25(23)26(33)31(28)16-17-11-13-18(29)14-12-17/h3-14H,2,15-16H2,1H3. The molecular formula is C28H21FN2O4. The number of amides is 2. The highest BCUT2D eigenvalue weighted by Gasteiger charge is 2.64. The molecule has 2 aliphatic rings. The van der Waals surface area contributed by atoms with E-state index in [1.54, 1.807) is 53.4 Å². The maximum Gasteiger partial charge on any atom is 0.291 e. The summed E-state index contributed by atoms with van der Waals surface area (Å²) in [7, 11) is 0. The van der Waals surface area contributed by atoms with E-state index in [2.05, 4.69) is 0 Å². The zero-order valence-corrected chi connectivity index (χ0v) is 19.0. The summed E-state index contributed by atoms with van der Waals surface area (Å²) in [6.07, 6.45) is 0.696. The Balaban J connectivity index is 1.69. The normalized spacial score (nSPS) is 18.6. The highest BCUT2D eigenvalue weighted by atomic mass is 19.1. The number of rotatable bonds is 4. The van der Waals surface area contributed by atoms with Crippen molar-refractivity contribution >= 4 is 28.5 Å². The topological polar surface area (TPSA) is 70.8 Å². The molecule has 0 fully saturated rings. The minimum absolute atomic E-state index is 0.000855. The molecule has 7 heteroatoms. The van der Waals surface area contributed by atoms with Gasteiger partial charge in [0.2, 0.25) is 5.76 Å². The minimum atomic E-state index is -1.67. The van der Waals surface area contributed by atoms with Crippen LogP contribution >= 0.6 is 0 Å². The van der Waals surface area contributed by atoms with Crippen LogP contribution in [0, 0.1) is 5.82 Å². The molecule has 0 aliphatic carbocycles. The summed E-state index contributed by atoms with van der Waals surface area (Å²) in [5, 5.41) is 0.307. The second-order valence-corrected chi connectivity index (χ2v) is 8.83. The zero-order valence-electron chi connectivity index (χ0n) is 19.0. The van der Waals surface area contributed by atoms with Crippen LogP contribution < -0.4 is 10.3 Å². The first-order chi connectivity index (χ1) is 17.0. The van der Waals surface area contributed by atoms with Gasteiger partial charge < -0.3 is 14.2 Å². The van der Waals surface area contributed by atoms with Gasteiger partial charge in [-0.2, -0.15) is 0 Å². The lowest BCUT2D eigenvalue weighted by Gasteiger charge is -2.34. The fourth-order valence-corrected chi connectivity index (χ4v) is 5.38. The summed E-state index contributed by atoms with van der Waals surface area (Å²) >= 11 is 0. The molecule has 0 bridgehead atoms. The minimum Gasteiger partial charge on any atom is -0.450 e. The van der Waals surface area contributed by atoms with Gasteiger partial charge in [-0.1, -0.05) is 49.4 Å². The second-order valence-electron chi connectivity index (χ2n) is 8.83. The Hall–Kier alpha value is -4.26. The Morgan fingerprint density at radius 2 is 1.63 bits per heavy atom. The van der Waals surface area contributed by atoms with Crippen LogP contribution in [0.4, 0.5) is 10.1 Å². The average molecular weight is 468 g/mol. The van der Waals surface area contributed by atoms with Gasteiger partial charge in [0.25, 0.3) is 11.8 Å². The van der Waals surface area contributed by atoms with Gasteiger partial charge in [-0.05, 0) is 42.3 Å². The molecule has 3 aromatic carbocycles. The van der Waals surface area contributed by atoms with Crippen LogP contribution in [0.1, 0.15) is 40.6 Å². The smallest absolute Gasteiger partial charge is 0.291 e. The lowest BCUT2D eigenvalue weighted by Crippen LogP contribution is -2.53. The SMILES string of the molecule is CCCN1C(=O)C2(c3ccccc31)c1c(oc3ccccc3c1=O)C(=O)N2Cc1ccc(F)cc1. The predicted molar refractivity (Wildman–Crippen MR) is 129 cm³/mol. The third-order valence-corrected chi connectivity index (χ3v) is 6.84. The van der Waals surface area contributed by atoms with Crippen LogP contribution in [0.3, 0.4) is 0 Å². The van der Waals surface area contributed by atoms with Crippen molar-refractivity contribution in [1.29, 1.82) is 0 Å². The summed E-state index contributed by atoms with van der Waals surface area (Å²) in [5.74, 6) is -1.44. The Kier molecular flexibility index (Phi) is 4.64. The van der Waals surface area contributed by atoms with E-state index in [1.807, 2.05) is 19.1 Å². The number of carbonyl (C=O) groups is 2. The molecule has 4 aromatic rings.